The van der Waals surface area contributed by atoms with Gasteiger partial charge in [0.05, 0.1) is 8.66 Å². The number of carboxylic acid groups (broad SMARTS) is 1. The Morgan fingerprint density at radius 1 is 1.32 bits per heavy atom. The second-order valence-electron chi connectivity index (χ2n) is 4.79. The Balaban J connectivity index is 2.04. The molecule has 0 bridgehead atoms. The van der Waals surface area contributed by atoms with E-state index in [9.17, 15) is 14.7 Å². The van der Waals surface area contributed by atoms with E-state index in [1.165, 1.54) is 11.3 Å². The second kappa shape index (κ2) is 6.52. The molecule has 0 aliphatic heterocycles. The zero-order valence-electron chi connectivity index (χ0n) is 10.4. The molecule has 0 aromatic carbocycles. The van der Waals surface area contributed by atoms with Crippen LogP contribution in [0.5, 0.6) is 0 Å². The third-order valence-corrected chi connectivity index (χ3v) is 5.09. The van der Waals surface area contributed by atoms with E-state index in [0.717, 1.165) is 35.9 Å². The van der Waals surface area contributed by atoms with Crippen molar-refractivity contribution in [3.05, 3.63) is 20.8 Å². The number of aliphatic carboxylic acids is 1. The van der Waals surface area contributed by atoms with E-state index < -0.39 is 12.0 Å². The first-order valence-electron chi connectivity index (χ1n) is 6.37. The first-order valence-corrected chi connectivity index (χ1v) is 7.98. The Hall–Kier alpha value is -0.880. The van der Waals surface area contributed by atoms with E-state index in [1.54, 1.807) is 12.1 Å². The van der Waals surface area contributed by atoms with Crippen molar-refractivity contribution in [3.63, 3.8) is 0 Å². The molecule has 1 fully saturated rings. The van der Waals surface area contributed by atoms with Crippen molar-refractivity contribution in [2.75, 3.05) is 0 Å². The number of carboxylic acids is 1. The number of hydrogen-bond acceptors (Lipinski definition) is 3. The summed E-state index contributed by atoms with van der Waals surface area (Å²) in [6.45, 7) is 0. The zero-order valence-corrected chi connectivity index (χ0v) is 12.8. The van der Waals surface area contributed by atoms with Gasteiger partial charge in [0, 0.05) is 0 Å². The van der Waals surface area contributed by atoms with Crippen LogP contribution in [0.3, 0.4) is 0 Å². The third-order valence-electron chi connectivity index (χ3n) is 3.47. The van der Waals surface area contributed by atoms with Gasteiger partial charge in [-0.2, -0.15) is 0 Å². The number of carbonyl (C=O) groups excluding carboxylic acids is 1. The van der Waals surface area contributed by atoms with Gasteiger partial charge in [-0.1, -0.05) is 19.3 Å². The molecule has 1 aromatic heterocycles. The number of amides is 1. The molecule has 1 aliphatic carbocycles. The standard InChI is InChI=1S/C13H16BrNO3S/c14-10-7-6-9(19-10)12(16)15-11(13(17)18)8-4-2-1-3-5-8/h6-8,11H,1-5H2,(H,15,16)(H,17,18). The molecule has 0 saturated heterocycles. The van der Waals surface area contributed by atoms with Gasteiger partial charge in [0.25, 0.3) is 5.91 Å². The van der Waals surface area contributed by atoms with Crippen LogP contribution in [0, 0.1) is 5.92 Å². The van der Waals surface area contributed by atoms with Crippen molar-refractivity contribution in [3.8, 4) is 0 Å². The minimum absolute atomic E-state index is 0.0543. The summed E-state index contributed by atoms with van der Waals surface area (Å²) in [5.41, 5.74) is 0. The fourth-order valence-corrected chi connectivity index (χ4v) is 3.79. The molecule has 1 unspecified atom stereocenters. The maximum absolute atomic E-state index is 12.0. The minimum atomic E-state index is -0.934. The lowest BCUT2D eigenvalue weighted by Crippen LogP contribution is -2.46. The lowest BCUT2D eigenvalue weighted by Gasteiger charge is -2.27. The van der Waals surface area contributed by atoms with Gasteiger partial charge in [-0.25, -0.2) is 4.79 Å². The molecule has 19 heavy (non-hydrogen) atoms. The van der Waals surface area contributed by atoms with Gasteiger partial charge in [0.15, 0.2) is 0 Å². The molecule has 1 saturated carbocycles. The first-order chi connectivity index (χ1) is 9.08. The summed E-state index contributed by atoms with van der Waals surface area (Å²) < 4.78 is 0.863. The molecule has 6 heteroatoms. The van der Waals surface area contributed by atoms with Crippen molar-refractivity contribution in [2.45, 2.75) is 38.1 Å². The lowest BCUT2D eigenvalue weighted by molar-refractivity contribution is -0.141. The van der Waals surface area contributed by atoms with Gasteiger partial charge in [0.1, 0.15) is 6.04 Å². The van der Waals surface area contributed by atoms with E-state index in [-0.39, 0.29) is 11.8 Å². The molecule has 4 nitrogen and oxygen atoms in total. The van der Waals surface area contributed by atoms with Crippen molar-refractivity contribution in [2.24, 2.45) is 5.92 Å². The number of carbonyl (C=O) groups is 2. The summed E-state index contributed by atoms with van der Waals surface area (Å²) in [4.78, 5) is 23.9. The van der Waals surface area contributed by atoms with Crippen LogP contribution in [0.2, 0.25) is 0 Å². The number of halogens is 1. The average Bonchev–Trinajstić information content (AvgIpc) is 2.83. The Bertz CT molecular complexity index is 468. The van der Waals surface area contributed by atoms with E-state index in [2.05, 4.69) is 21.2 Å². The van der Waals surface area contributed by atoms with Gasteiger partial charge in [-0.3, -0.25) is 4.79 Å². The second-order valence-corrected chi connectivity index (χ2v) is 7.25. The number of nitrogens with one attached hydrogen (secondary N) is 1. The van der Waals surface area contributed by atoms with Gasteiger partial charge >= 0.3 is 5.97 Å². The van der Waals surface area contributed by atoms with E-state index in [4.69, 9.17) is 0 Å². The molecule has 0 spiro atoms. The van der Waals surface area contributed by atoms with Crippen LogP contribution >= 0.6 is 27.3 Å². The highest BCUT2D eigenvalue weighted by atomic mass is 79.9. The third kappa shape index (κ3) is 3.79. The van der Waals surface area contributed by atoms with Crippen molar-refractivity contribution in [1.82, 2.24) is 5.32 Å². The van der Waals surface area contributed by atoms with Gasteiger partial charge in [-0.05, 0) is 46.8 Å². The van der Waals surface area contributed by atoms with Crippen LogP contribution in [-0.2, 0) is 4.79 Å². The molecular weight excluding hydrogens is 330 g/mol. The Labute approximate surface area is 124 Å². The van der Waals surface area contributed by atoms with Crippen LogP contribution in [0.15, 0.2) is 15.9 Å². The maximum Gasteiger partial charge on any atom is 0.326 e. The summed E-state index contributed by atoms with van der Waals surface area (Å²) in [6.07, 6.45) is 5.02. The monoisotopic (exact) mass is 345 g/mol. The predicted molar refractivity (Wildman–Crippen MR) is 77.5 cm³/mol. The summed E-state index contributed by atoms with van der Waals surface area (Å²) >= 11 is 4.60. The summed E-state index contributed by atoms with van der Waals surface area (Å²) in [7, 11) is 0. The predicted octanol–water partition coefficient (Wildman–Crippen LogP) is 3.27. The van der Waals surface area contributed by atoms with Gasteiger partial charge in [0.2, 0.25) is 0 Å². The summed E-state index contributed by atoms with van der Waals surface area (Å²) in [6, 6.07) is 2.72. The number of rotatable bonds is 4. The first kappa shape index (κ1) is 14.5. The smallest absolute Gasteiger partial charge is 0.326 e. The highest BCUT2D eigenvalue weighted by molar-refractivity contribution is 9.11. The molecule has 1 aliphatic rings. The average molecular weight is 346 g/mol. The molecule has 2 N–H and O–H groups in total. The van der Waals surface area contributed by atoms with Crippen molar-refractivity contribution >= 4 is 39.1 Å². The Morgan fingerprint density at radius 3 is 2.53 bits per heavy atom. The molecular formula is C13H16BrNO3S. The zero-order chi connectivity index (χ0) is 13.8. The van der Waals surface area contributed by atoms with Crippen LogP contribution in [0.4, 0.5) is 0 Å². The Morgan fingerprint density at radius 2 is 2.00 bits per heavy atom. The van der Waals surface area contributed by atoms with Crippen LogP contribution in [-0.4, -0.2) is 23.0 Å². The normalized spacial score (nSPS) is 17.9. The molecule has 1 atom stereocenters. The highest BCUT2D eigenvalue weighted by Gasteiger charge is 2.31. The van der Waals surface area contributed by atoms with Gasteiger partial charge in [-0.15, -0.1) is 11.3 Å². The highest BCUT2D eigenvalue weighted by Crippen LogP contribution is 2.27. The fourth-order valence-electron chi connectivity index (χ4n) is 2.50. The lowest BCUT2D eigenvalue weighted by atomic mass is 9.84. The molecule has 1 amide bonds. The molecule has 1 heterocycles. The maximum atomic E-state index is 12.0. The Kier molecular flexibility index (Phi) is 4.99. The fraction of sp³-hybridized carbons (Fsp3) is 0.538. The van der Waals surface area contributed by atoms with E-state index in [0.29, 0.717) is 4.88 Å². The van der Waals surface area contributed by atoms with Crippen molar-refractivity contribution in [1.29, 1.82) is 0 Å². The van der Waals surface area contributed by atoms with Crippen LogP contribution < -0.4 is 5.32 Å². The van der Waals surface area contributed by atoms with E-state index in [1.807, 2.05) is 0 Å². The quantitative estimate of drug-likeness (QED) is 0.879. The number of thiophene rings is 1. The molecule has 2 rings (SSSR count). The summed E-state index contributed by atoms with van der Waals surface area (Å²) in [5, 5.41) is 12.0. The van der Waals surface area contributed by atoms with Crippen LogP contribution in [0.25, 0.3) is 0 Å². The molecule has 104 valence electrons. The van der Waals surface area contributed by atoms with Crippen molar-refractivity contribution < 1.29 is 14.7 Å². The molecule has 1 aromatic rings. The summed E-state index contributed by atoms with van der Waals surface area (Å²) in [5.74, 6) is -1.18. The topological polar surface area (TPSA) is 66.4 Å². The van der Waals surface area contributed by atoms with E-state index >= 15 is 0 Å². The SMILES string of the molecule is O=C(NC(C(=O)O)C1CCCCC1)c1ccc(Br)s1. The number of hydrogen-bond donors (Lipinski definition) is 2. The van der Waals surface area contributed by atoms with Gasteiger partial charge < -0.3 is 10.4 Å². The van der Waals surface area contributed by atoms with Crippen LogP contribution in [0.1, 0.15) is 41.8 Å². The minimum Gasteiger partial charge on any atom is -0.480 e. The largest absolute Gasteiger partial charge is 0.480 e. The molecule has 0 radical (unpaired) electrons.